The van der Waals surface area contributed by atoms with Gasteiger partial charge in [-0.1, -0.05) is 20.8 Å². The van der Waals surface area contributed by atoms with Crippen LogP contribution >= 0.6 is 0 Å². The highest BCUT2D eigenvalue weighted by atomic mass is 16.2. The van der Waals surface area contributed by atoms with Gasteiger partial charge in [0.05, 0.1) is 0 Å². The Morgan fingerprint density at radius 2 is 1.94 bits per heavy atom. The maximum absolute atomic E-state index is 12.3. The van der Waals surface area contributed by atoms with Crippen molar-refractivity contribution in [3.8, 4) is 0 Å². The van der Waals surface area contributed by atoms with Crippen molar-refractivity contribution in [3.05, 3.63) is 18.0 Å². The number of carbonyl (C=O) groups excluding carboxylic acids is 1. The minimum Gasteiger partial charge on any atom is -0.337 e. The fraction of sp³-hybridized carbons (Fsp3) is 0.714. The number of likely N-dealkylation sites (tertiary alicyclic amines) is 1. The summed E-state index contributed by atoms with van der Waals surface area (Å²) in [5.41, 5.74) is 1.03. The average molecular weight is 249 g/mol. The molecule has 1 aromatic rings. The smallest absolute Gasteiger partial charge is 0.272 e. The van der Waals surface area contributed by atoms with Crippen molar-refractivity contribution in [1.82, 2.24) is 14.7 Å². The Morgan fingerprint density at radius 1 is 1.33 bits per heavy atom. The van der Waals surface area contributed by atoms with E-state index in [1.54, 1.807) is 16.9 Å². The molecule has 0 unspecified atom stereocenters. The van der Waals surface area contributed by atoms with Crippen LogP contribution in [-0.4, -0.2) is 33.7 Å². The van der Waals surface area contributed by atoms with Gasteiger partial charge in [0.25, 0.3) is 5.91 Å². The largest absolute Gasteiger partial charge is 0.337 e. The molecule has 0 bridgehead atoms. The quantitative estimate of drug-likeness (QED) is 0.766. The van der Waals surface area contributed by atoms with Gasteiger partial charge < -0.3 is 4.90 Å². The van der Waals surface area contributed by atoms with E-state index in [1.165, 1.54) is 0 Å². The molecule has 4 nitrogen and oxygen atoms in total. The van der Waals surface area contributed by atoms with Crippen molar-refractivity contribution < 1.29 is 4.79 Å². The van der Waals surface area contributed by atoms with E-state index in [4.69, 9.17) is 0 Å². The number of nitrogens with zero attached hydrogens (tertiary/aromatic N) is 3. The van der Waals surface area contributed by atoms with E-state index in [0.29, 0.717) is 17.0 Å². The van der Waals surface area contributed by atoms with Crippen LogP contribution in [-0.2, 0) is 7.05 Å². The van der Waals surface area contributed by atoms with Crippen LogP contribution in [0, 0.1) is 11.3 Å². The topological polar surface area (TPSA) is 38.1 Å². The van der Waals surface area contributed by atoms with E-state index in [-0.39, 0.29) is 5.91 Å². The van der Waals surface area contributed by atoms with Gasteiger partial charge in [-0.05, 0) is 30.2 Å². The van der Waals surface area contributed by atoms with Crippen molar-refractivity contribution in [3.63, 3.8) is 0 Å². The molecular weight excluding hydrogens is 226 g/mol. The number of piperidine rings is 1. The second kappa shape index (κ2) is 4.75. The van der Waals surface area contributed by atoms with Gasteiger partial charge in [0, 0.05) is 26.3 Å². The zero-order chi connectivity index (χ0) is 13.3. The molecule has 1 amide bonds. The summed E-state index contributed by atoms with van der Waals surface area (Å²) >= 11 is 0. The van der Waals surface area contributed by atoms with Gasteiger partial charge in [0.1, 0.15) is 5.69 Å². The van der Waals surface area contributed by atoms with Crippen LogP contribution in [0.5, 0.6) is 0 Å². The number of aryl methyl sites for hydroxylation is 1. The fourth-order valence-electron chi connectivity index (χ4n) is 2.69. The van der Waals surface area contributed by atoms with Crippen LogP contribution in [0.15, 0.2) is 12.3 Å². The molecule has 0 N–H and O–H groups in total. The molecule has 18 heavy (non-hydrogen) atoms. The van der Waals surface area contributed by atoms with Crippen LogP contribution < -0.4 is 0 Å². The molecule has 0 aliphatic carbocycles. The number of amides is 1. The lowest BCUT2D eigenvalue weighted by molar-refractivity contribution is 0.0598. The zero-order valence-electron chi connectivity index (χ0n) is 11.8. The molecule has 0 radical (unpaired) electrons. The maximum Gasteiger partial charge on any atom is 0.272 e. The third kappa shape index (κ3) is 2.57. The summed E-state index contributed by atoms with van der Waals surface area (Å²) < 4.78 is 1.65. The van der Waals surface area contributed by atoms with E-state index < -0.39 is 0 Å². The SMILES string of the molecule is Cn1nccc1C(=O)N1CCC(C(C)(C)C)CC1. The lowest BCUT2D eigenvalue weighted by Gasteiger charge is -2.38. The standard InChI is InChI=1S/C14H23N3O/c1-14(2,3)11-6-9-17(10-7-11)13(18)12-5-8-15-16(12)4/h5,8,11H,6-7,9-10H2,1-4H3. The first kappa shape index (κ1) is 13.1. The Labute approximate surface area is 109 Å². The Bertz CT molecular complexity index is 422. The minimum atomic E-state index is 0.113. The molecule has 100 valence electrons. The van der Waals surface area contributed by atoms with Gasteiger partial charge in [0.2, 0.25) is 0 Å². The van der Waals surface area contributed by atoms with Crippen molar-refractivity contribution in [2.75, 3.05) is 13.1 Å². The number of carbonyl (C=O) groups is 1. The first-order chi connectivity index (χ1) is 8.39. The van der Waals surface area contributed by atoms with Gasteiger partial charge in [-0.25, -0.2) is 0 Å². The highest BCUT2D eigenvalue weighted by Crippen LogP contribution is 2.34. The second-order valence-electron chi connectivity index (χ2n) is 6.27. The predicted octanol–water partition coefficient (Wildman–Crippen LogP) is 2.32. The fourth-order valence-corrected chi connectivity index (χ4v) is 2.69. The summed E-state index contributed by atoms with van der Waals surface area (Å²) in [5, 5.41) is 4.06. The Kier molecular flexibility index (Phi) is 3.46. The zero-order valence-corrected chi connectivity index (χ0v) is 11.8. The summed E-state index contributed by atoms with van der Waals surface area (Å²) in [6.07, 6.45) is 3.88. The van der Waals surface area contributed by atoms with Gasteiger partial charge >= 0.3 is 0 Å². The summed E-state index contributed by atoms with van der Waals surface area (Å²) in [6, 6.07) is 1.79. The first-order valence-corrected chi connectivity index (χ1v) is 6.67. The van der Waals surface area contributed by atoms with Crippen molar-refractivity contribution in [2.24, 2.45) is 18.4 Å². The number of aromatic nitrogens is 2. The van der Waals surface area contributed by atoms with E-state index in [1.807, 2.05) is 11.9 Å². The van der Waals surface area contributed by atoms with E-state index in [2.05, 4.69) is 25.9 Å². The molecule has 1 aliphatic heterocycles. The summed E-state index contributed by atoms with van der Waals surface area (Å²) in [6.45, 7) is 8.60. The number of rotatable bonds is 1. The molecule has 1 aromatic heterocycles. The lowest BCUT2D eigenvalue weighted by atomic mass is 9.75. The molecule has 4 heteroatoms. The third-order valence-corrected chi connectivity index (χ3v) is 4.05. The molecule has 2 heterocycles. The summed E-state index contributed by atoms with van der Waals surface area (Å²) in [4.78, 5) is 14.3. The Morgan fingerprint density at radius 3 is 2.39 bits per heavy atom. The minimum absolute atomic E-state index is 0.113. The predicted molar refractivity (Wildman–Crippen MR) is 71.3 cm³/mol. The number of hydrogen-bond acceptors (Lipinski definition) is 2. The molecular formula is C14H23N3O. The van der Waals surface area contributed by atoms with Gasteiger partial charge in [-0.15, -0.1) is 0 Å². The molecule has 0 aromatic carbocycles. The molecule has 0 spiro atoms. The number of hydrogen-bond donors (Lipinski definition) is 0. The molecule has 0 saturated carbocycles. The van der Waals surface area contributed by atoms with Gasteiger partial charge in [0.15, 0.2) is 0 Å². The monoisotopic (exact) mass is 249 g/mol. The average Bonchev–Trinajstić information content (AvgIpc) is 2.73. The first-order valence-electron chi connectivity index (χ1n) is 6.67. The molecule has 1 saturated heterocycles. The van der Waals surface area contributed by atoms with Crippen LogP contribution in [0.2, 0.25) is 0 Å². The second-order valence-corrected chi connectivity index (χ2v) is 6.27. The van der Waals surface area contributed by atoms with Crippen LogP contribution in [0.25, 0.3) is 0 Å². The van der Waals surface area contributed by atoms with E-state index in [9.17, 15) is 4.79 Å². The normalized spacial score (nSPS) is 18.1. The van der Waals surface area contributed by atoms with E-state index >= 15 is 0 Å². The Balaban J connectivity index is 1.99. The molecule has 1 aliphatic rings. The highest BCUT2D eigenvalue weighted by Gasteiger charge is 2.31. The molecule has 0 atom stereocenters. The van der Waals surface area contributed by atoms with Gasteiger partial charge in [-0.2, -0.15) is 5.10 Å². The van der Waals surface area contributed by atoms with Crippen LogP contribution in [0.1, 0.15) is 44.1 Å². The van der Waals surface area contributed by atoms with Crippen LogP contribution in [0.4, 0.5) is 0 Å². The Hall–Kier alpha value is -1.32. The summed E-state index contributed by atoms with van der Waals surface area (Å²) in [7, 11) is 1.81. The van der Waals surface area contributed by atoms with Crippen molar-refractivity contribution in [1.29, 1.82) is 0 Å². The molecule has 2 rings (SSSR count). The van der Waals surface area contributed by atoms with Crippen molar-refractivity contribution >= 4 is 5.91 Å². The van der Waals surface area contributed by atoms with Gasteiger partial charge in [-0.3, -0.25) is 9.48 Å². The summed E-state index contributed by atoms with van der Waals surface area (Å²) in [5.74, 6) is 0.829. The van der Waals surface area contributed by atoms with Crippen LogP contribution in [0.3, 0.4) is 0 Å². The lowest BCUT2D eigenvalue weighted by Crippen LogP contribution is -2.41. The maximum atomic E-state index is 12.3. The third-order valence-electron chi connectivity index (χ3n) is 4.05. The van der Waals surface area contributed by atoms with E-state index in [0.717, 1.165) is 25.9 Å². The highest BCUT2D eigenvalue weighted by molar-refractivity contribution is 5.92. The molecule has 1 fully saturated rings. The van der Waals surface area contributed by atoms with Crippen molar-refractivity contribution in [2.45, 2.75) is 33.6 Å².